The van der Waals surface area contributed by atoms with Crippen LogP contribution in [0.2, 0.25) is 0 Å². The topological polar surface area (TPSA) is 72.7 Å². The number of ether oxygens (including phenoxy) is 2. The molecule has 1 aliphatic rings. The van der Waals surface area contributed by atoms with Crippen molar-refractivity contribution in [3.05, 3.63) is 83.2 Å². The van der Waals surface area contributed by atoms with Crippen LogP contribution in [0.1, 0.15) is 24.4 Å². The van der Waals surface area contributed by atoms with Crippen LogP contribution in [0.4, 0.5) is 5.69 Å². The Morgan fingerprint density at radius 3 is 2.53 bits per heavy atom. The summed E-state index contributed by atoms with van der Waals surface area (Å²) in [4.78, 5) is 7.65. The quantitative estimate of drug-likeness (QED) is 0.346. The van der Waals surface area contributed by atoms with Gasteiger partial charge in [0.2, 0.25) is 5.82 Å². The largest absolute Gasteiger partial charge is 0.497 e. The molecule has 0 spiro atoms. The van der Waals surface area contributed by atoms with Crippen molar-refractivity contribution in [1.29, 1.82) is 0 Å². The van der Waals surface area contributed by atoms with Gasteiger partial charge in [-0.05, 0) is 72.5 Å². The minimum absolute atomic E-state index is 0.297. The zero-order valence-electron chi connectivity index (χ0n) is 18.8. The normalized spacial score (nSPS) is 15.9. The highest BCUT2D eigenvalue weighted by Crippen LogP contribution is 2.40. The monoisotopic (exact) mass is 490 g/mol. The number of aromatic nitrogens is 2. The second kappa shape index (κ2) is 9.28. The van der Waals surface area contributed by atoms with E-state index in [0.717, 1.165) is 38.9 Å². The van der Waals surface area contributed by atoms with E-state index < -0.39 is 0 Å². The lowest BCUT2D eigenvalue weighted by Crippen LogP contribution is -2.46. The van der Waals surface area contributed by atoms with E-state index in [1.807, 2.05) is 77.9 Å². The van der Waals surface area contributed by atoms with Crippen LogP contribution >= 0.6 is 23.6 Å². The lowest BCUT2D eigenvalue weighted by atomic mass is 9.94. The van der Waals surface area contributed by atoms with E-state index in [9.17, 15) is 0 Å². The van der Waals surface area contributed by atoms with Crippen LogP contribution in [0.25, 0.3) is 16.3 Å². The van der Waals surface area contributed by atoms with Gasteiger partial charge in [-0.2, -0.15) is 4.98 Å². The van der Waals surface area contributed by atoms with Gasteiger partial charge < -0.3 is 19.3 Å². The summed E-state index contributed by atoms with van der Waals surface area (Å²) in [6, 6.07) is 19.2. The molecule has 0 saturated heterocycles. The van der Waals surface area contributed by atoms with Crippen LogP contribution in [-0.4, -0.2) is 29.5 Å². The molecule has 1 unspecified atom stereocenters. The lowest BCUT2D eigenvalue weighted by molar-refractivity contribution is 0.403. The number of benzene rings is 2. The molecule has 0 bridgehead atoms. The number of methoxy groups -OCH3 is 2. The third kappa shape index (κ3) is 4.04. The maximum absolute atomic E-state index is 5.81. The molecule has 3 heterocycles. The smallest absolute Gasteiger partial charge is 0.258 e. The summed E-state index contributed by atoms with van der Waals surface area (Å²) in [6.45, 7) is 2.01. The van der Waals surface area contributed by atoms with Gasteiger partial charge in [0, 0.05) is 11.4 Å². The lowest BCUT2D eigenvalue weighted by Gasteiger charge is -2.37. The standard InChI is InChI=1S/C25H22N4O3S2/c1-15-21(24-27-23(28-32-24)20-8-5-13-34-20)22(16-6-4-7-19(14-16)31-3)26-25(33)29(15)17-9-11-18(30-2)12-10-17/h4-14,22H,1-3H3,(H,26,33). The van der Waals surface area contributed by atoms with Gasteiger partial charge in [-0.3, -0.25) is 4.90 Å². The van der Waals surface area contributed by atoms with Gasteiger partial charge in [-0.1, -0.05) is 23.4 Å². The molecule has 172 valence electrons. The second-order valence-electron chi connectivity index (χ2n) is 7.59. The number of nitrogens with zero attached hydrogens (tertiary/aromatic N) is 3. The summed E-state index contributed by atoms with van der Waals surface area (Å²) in [5.74, 6) is 2.51. The average Bonchev–Trinajstić information content (AvgIpc) is 3.56. The Hall–Kier alpha value is -3.69. The molecule has 5 rings (SSSR count). The van der Waals surface area contributed by atoms with Gasteiger partial charge in [-0.15, -0.1) is 11.3 Å². The van der Waals surface area contributed by atoms with Gasteiger partial charge in [-0.25, -0.2) is 0 Å². The number of hydrogen-bond acceptors (Lipinski definition) is 7. The fourth-order valence-corrected chi connectivity index (χ4v) is 4.98. The molecule has 34 heavy (non-hydrogen) atoms. The van der Waals surface area contributed by atoms with Gasteiger partial charge in [0.15, 0.2) is 5.11 Å². The summed E-state index contributed by atoms with van der Waals surface area (Å²) >= 11 is 7.38. The molecular formula is C25H22N4O3S2. The maximum Gasteiger partial charge on any atom is 0.258 e. The minimum Gasteiger partial charge on any atom is -0.497 e. The Balaban J connectivity index is 1.65. The van der Waals surface area contributed by atoms with Crippen molar-refractivity contribution >= 4 is 39.9 Å². The first-order valence-corrected chi connectivity index (χ1v) is 11.8. The fourth-order valence-electron chi connectivity index (χ4n) is 3.97. The highest BCUT2D eigenvalue weighted by Gasteiger charge is 2.35. The molecule has 0 saturated carbocycles. The van der Waals surface area contributed by atoms with Crippen molar-refractivity contribution in [2.75, 3.05) is 19.1 Å². The van der Waals surface area contributed by atoms with Crippen molar-refractivity contribution in [1.82, 2.24) is 15.5 Å². The molecule has 7 nitrogen and oxygen atoms in total. The molecule has 0 amide bonds. The van der Waals surface area contributed by atoms with Crippen LogP contribution < -0.4 is 19.7 Å². The molecule has 9 heteroatoms. The Bertz CT molecular complexity index is 1350. The van der Waals surface area contributed by atoms with E-state index >= 15 is 0 Å². The third-order valence-electron chi connectivity index (χ3n) is 5.64. The van der Waals surface area contributed by atoms with Crippen molar-refractivity contribution in [3.8, 4) is 22.2 Å². The summed E-state index contributed by atoms with van der Waals surface area (Å²) in [6.07, 6.45) is 0. The Kier molecular flexibility index (Phi) is 6.04. The number of hydrogen-bond donors (Lipinski definition) is 1. The Morgan fingerprint density at radius 2 is 1.82 bits per heavy atom. The number of allylic oxidation sites excluding steroid dienone is 1. The van der Waals surface area contributed by atoms with Gasteiger partial charge in [0.25, 0.3) is 5.89 Å². The van der Waals surface area contributed by atoms with Crippen LogP contribution in [0.15, 0.2) is 76.3 Å². The first kappa shape index (κ1) is 22.1. The van der Waals surface area contributed by atoms with Gasteiger partial charge >= 0.3 is 0 Å². The zero-order valence-corrected chi connectivity index (χ0v) is 20.4. The first-order chi connectivity index (χ1) is 16.6. The second-order valence-corrected chi connectivity index (χ2v) is 8.93. The maximum atomic E-state index is 5.81. The number of anilines is 1. The van der Waals surface area contributed by atoms with Crippen molar-refractivity contribution in [2.24, 2.45) is 0 Å². The van der Waals surface area contributed by atoms with E-state index in [1.54, 1.807) is 25.6 Å². The van der Waals surface area contributed by atoms with Crippen molar-refractivity contribution < 1.29 is 14.0 Å². The Labute approximate surface area is 206 Å². The molecule has 1 aliphatic heterocycles. The third-order valence-corrected chi connectivity index (χ3v) is 6.81. The molecule has 0 radical (unpaired) electrons. The molecule has 0 aliphatic carbocycles. The predicted molar refractivity (Wildman–Crippen MR) is 137 cm³/mol. The molecule has 1 N–H and O–H groups in total. The van der Waals surface area contributed by atoms with Crippen LogP contribution in [0.3, 0.4) is 0 Å². The van der Waals surface area contributed by atoms with E-state index in [-0.39, 0.29) is 6.04 Å². The van der Waals surface area contributed by atoms with E-state index in [1.165, 1.54) is 0 Å². The zero-order chi connectivity index (χ0) is 23.7. The molecule has 0 fully saturated rings. The molecule has 1 atom stereocenters. The van der Waals surface area contributed by atoms with Crippen molar-refractivity contribution in [3.63, 3.8) is 0 Å². The van der Waals surface area contributed by atoms with Crippen LogP contribution in [0, 0.1) is 0 Å². The summed E-state index contributed by atoms with van der Waals surface area (Å²) in [5.41, 5.74) is 3.60. The van der Waals surface area contributed by atoms with Crippen LogP contribution in [0.5, 0.6) is 11.5 Å². The first-order valence-electron chi connectivity index (χ1n) is 10.6. The van der Waals surface area contributed by atoms with E-state index in [4.69, 9.17) is 31.2 Å². The summed E-state index contributed by atoms with van der Waals surface area (Å²) in [5, 5.41) is 10.3. The number of thiophene rings is 1. The number of rotatable bonds is 6. The highest BCUT2D eigenvalue weighted by atomic mass is 32.1. The number of thiocarbonyl (C=S) groups is 1. The molecule has 4 aromatic rings. The average molecular weight is 491 g/mol. The molecular weight excluding hydrogens is 468 g/mol. The molecule has 2 aromatic heterocycles. The van der Waals surface area contributed by atoms with E-state index in [0.29, 0.717) is 16.8 Å². The van der Waals surface area contributed by atoms with E-state index in [2.05, 4.69) is 10.5 Å². The summed E-state index contributed by atoms with van der Waals surface area (Å²) < 4.78 is 16.6. The van der Waals surface area contributed by atoms with Crippen LogP contribution in [-0.2, 0) is 0 Å². The summed E-state index contributed by atoms with van der Waals surface area (Å²) in [7, 11) is 3.29. The highest BCUT2D eigenvalue weighted by molar-refractivity contribution is 7.80. The fraction of sp³-hybridized carbons (Fsp3) is 0.160. The Morgan fingerprint density at radius 1 is 1.03 bits per heavy atom. The van der Waals surface area contributed by atoms with Gasteiger partial charge in [0.1, 0.15) is 11.5 Å². The minimum atomic E-state index is -0.297. The van der Waals surface area contributed by atoms with Gasteiger partial charge in [0.05, 0.1) is 30.7 Å². The predicted octanol–water partition coefficient (Wildman–Crippen LogP) is 5.68. The number of nitrogens with one attached hydrogen (secondary N) is 1. The van der Waals surface area contributed by atoms with Crippen molar-refractivity contribution in [2.45, 2.75) is 13.0 Å². The molecule has 2 aromatic carbocycles. The SMILES string of the molecule is COc1ccc(N2C(=S)NC(c3cccc(OC)c3)C(c3nc(-c4cccs4)no3)=C2C)cc1.